The van der Waals surface area contributed by atoms with Gasteiger partial charge in [-0.25, -0.2) is 4.98 Å². The summed E-state index contributed by atoms with van der Waals surface area (Å²) in [6.45, 7) is 6.08. The summed E-state index contributed by atoms with van der Waals surface area (Å²) in [6, 6.07) is 14.2. The highest BCUT2D eigenvalue weighted by molar-refractivity contribution is 7.14. The Morgan fingerprint density at radius 2 is 1.93 bits per heavy atom. The molecule has 0 aliphatic rings. The molecule has 0 aliphatic heterocycles. The number of nitrogens with one attached hydrogen (secondary N) is 1. The van der Waals surface area contributed by atoms with Gasteiger partial charge in [0, 0.05) is 21.9 Å². The minimum atomic E-state index is -0.272. The first-order chi connectivity index (χ1) is 13.0. The zero-order valence-corrected chi connectivity index (χ0v) is 16.3. The van der Waals surface area contributed by atoms with Crippen molar-refractivity contribution in [1.29, 1.82) is 0 Å². The summed E-state index contributed by atoms with van der Waals surface area (Å²) in [5, 5.41) is 6.35. The maximum absolute atomic E-state index is 12.7. The standard InChI is InChI=1S/C22H20N2O2S/c1-4-15-7-10-19-17(11-15)14(3)20(26-19)21(25)24-22-23-18(12-27-22)16-8-5-13(2)6-9-16/h5-12H,4H2,1-3H3,(H,23,24,25). The van der Waals surface area contributed by atoms with E-state index in [1.807, 2.05) is 36.6 Å². The Balaban J connectivity index is 1.58. The van der Waals surface area contributed by atoms with E-state index in [4.69, 9.17) is 4.42 Å². The molecule has 136 valence electrons. The lowest BCUT2D eigenvalue weighted by molar-refractivity contribution is 0.0998. The summed E-state index contributed by atoms with van der Waals surface area (Å²) < 4.78 is 5.80. The van der Waals surface area contributed by atoms with Crippen molar-refractivity contribution in [2.45, 2.75) is 27.2 Å². The molecule has 5 heteroatoms. The maximum atomic E-state index is 12.7. The summed E-state index contributed by atoms with van der Waals surface area (Å²) in [6.07, 6.45) is 0.947. The fourth-order valence-corrected chi connectivity index (χ4v) is 3.76. The van der Waals surface area contributed by atoms with Crippen molar-refractivity contribution in [2.75, 3.05) is 5.32 Å². The zero-order valence-electron chi connectivity index (χ0n) is 15.5. The molecule has 1 N–H and O–H groups in total. The third kappa shape index (κ3) is 3.38. The van der Waals surface area contributed by atoms with Gasteiger partial charge in [0.2, 0.25) is 0 Å². The Hall–Kier alpha value is -2.92. The van der Waals surface area contributed by atoms with Crippen LogP contribution in [-0.4, -0.2) is 10.9 Å². The molecule has 27 heavy (non-hydrogen) atoms. The normalized spacial score (nSPS) is 11.1. The topological polar surface area (TPSA) is 55.1 Å². The van der Waals surface area contributed by atoms with Crippen LogP contribution in [0.15, 0.2) is 52.3 Å². The number of hydrogen-bond donors (Lipinski definition) is 1. The number of amides is 1. The number of aromatic nitrogens is 1. The van der Waals surface area contributed by atoms with Crippen LogP contribution in [0.2, 0.25) is 0 Å². The highest BCUT2D eigenvalue weighted by Crippen LogP contribution is 2.29. The number of hydrogen-bond acceptors (Lipinski definition) is 4. The number of fused-ring (bicyclic) bond motifs is 1. The Morgan fingerprint density at radius 1 is 1.15 bits per heavy atom. The molecule has 2 heterocycles. The number of benzene rings is 2. The van der Waals surface area contributed by atoms with Gasteiger partial charge < -0.3 is 4.42 Å². The number of aryl methyl sites for hydroxylation is 3. The van der Waals surface area contributed by atoms with E-state index in [0.717, 1.165) is 34.2 Å². The fourth-order valence-electron chi connectivity index (χ4n) is 3.05. The molecule has 1 amide bonds. The molecule has 0 bridgehead atoms. The second-order valence-corrected chi connectivity index (χ2v) is 7.46. The summed E-state index contributed by atoms with van der Waals surface area (Å²) in [7, 11) is 0. The predicted octanol–water partition coefficient (Wildman–Crippen LogP) is 5.99. The molecule has 0 spiro atoms. The lowest BCUT2D eigenvalue weighted by Gasteiger charge is -2.00. The van der Waals surface area contributed by atoms with E-state index in [0.29, 0.717) is 10.9 Å². The van der Waals surface area contributed by atoms with Gasteiger partial charge in [-0.1, -0.05) is 42.8 Å². The second-order valence-electron chi connectivity index (χ2n) is 6.60. The van der Waals surface area contributed by atoms with Gasteiger partial charge in [0.15, 0.2) is 10.9 Å². The Kier molecular flexibility index (Phi) is 4.54. The molecular formula is C22H20N2O2S. The lowest BCUT2D eigenvalue weighted by atomic mass is 10.1. The number of carbonyl (C=O) groups is 1. The van der Waals surface area contributed by atoms with E-state index >= 15 is 0 Å². The molecule has 0 fully saturated rings. The molecular weight excluding hydrogens is 356 g/mol. The van der Waals surface area contributed by atoms with Gasteiger partial charge in [-0.05, 0) is 38.0 Å². The van der Waals surface area contributed by atoms with Gasteiger partial charge in [-0.3, -0.25) is 10.1 Å². The van der Waals surface area contributed by atoms with Gasteiger partial charge in [0.25, 0.3) is 5.91 Å². The predicted molar refractivity (Wildman–Crippen MR) is 111 cm³/mol. The van der Waals surface area contributed by atoms with Crippen molar-refractivity contribution in [1.82, 2.24) is 4.98 Å². The number of carbonyl (C=O) groups excluding carboxylic acids is 1. The maximum Gasteiger partial charge on any atom is 0.293 e. The van der Waals surface area contributed by atoms with Crippen LogP contribution >= 0.6 is 11.3 Å². The van der Waals surface area contributed by atoms with Crippen molar-refractivity contribution < 1.29 is 9.21 Å². The smallest absolute Gasteiger partial charge is 0.293 e. The molecule has 2 aromatic carbocycles. The molecule has 4 rings (SSSR count). The van der Waals surface area contributed by atoms with Crippen molar-refractivity contribution >= 4 is 33.3 Å². The van der Waals surface area contributed by atoms with Crippen LogP contribution in [0.1, 0.15) is 34.2 Å². The fraction of sp³-hybridized carbons (Fsp3) is 0.182. The van der Waals surface area contributed by atoms with Crippen LogP contribution in [-0.2, 0) is 6.42 Å². The van der Waals surface area contributed by atoms with E-state index in [1.165, 1.54) is 22.5 Å². The van der Waals surface area contributed by atoms with Gasteiger partial charge in [0.05, 0.1) is 5.69 Å². The highest BCUT2D eigenvalue weighted by Gasteiger charge is 2.19. The Morgan fingerprint density at radius 3 is 2.67 bits per heavy atom. The number of nitrogens with zero attached hydrogens (tertiary/aromatic N) is 1. The molecule has 0 saturated heterocycles. The van der Waals surface area contributed by atoms with E-state index in [9.17, 15) is 4.79 Å². The molecule has 0 saturated carbocycles. The largest absolute Gasteiger partial charge is 0.451 e. The van der Waals surface area contributed by atoms with E-state index in [2.05, 4.69) is 42.3 Å². The summed E-state index contributed by atoms with van der Waals surface area (Å²) in [5.41, 5.74) is 5.89. The van der Waals surface area contributed by atoms with E-state index in [1.54, 1.807) is 0 Å². The summed E-state index contributed by atoms with van der Waals surface area (Å²) >= 11 is 1.41. The first-order valence-electron chi connectivity index (χ1n) is 8.91. The molecule has 2 aromatic heterocycles. The minimum Gasteiger partial charge on any atom is -0.451 e. The monoisotopic (exact) mass is 376 g/mol. The number of anilines is 1. The zero-order chi connectivity index (χ0) is 19.0. The van der Waals surface area contributed by atoms with Gasteiger partial charge in [0.1, 0.15) is 5.58 Å². The van der Waals surface area contributed by atoms with Crippen LogP contribution in [0.4, 0.5) is 5.13 Å². The van der Waals surface area contributed by atoms with Crippen LogP contribution < -0.4 is 5.32 Å². The van der Waals surface area contributed by atoms with E-state index < -0.39 is 0 Å². The first-order valence-corrected chi connectivity index (χ1v) is 9.79. The number of furan rings is 1. The van der Waals surface area contributed by atoms with Crippen LogP contribution in [0.5, 0.6) is 0 Å². The van der Waals surface area contributed by atoms with E-state index in [-0.39, 0.29) is 5.91 Å². The average Bonchev–Trinajstić information content (AvgIpc) is 3.27. The third-order valence-electron chi connectivity index (χ3n) is 4.69. The van der Waals surface area contributed by atoms with Crippen molar-refractivity contribution in [3.8, 4) is 11.3 Å². The average molecular weight is 376 g/mol. The highest BCUT2D eigenvalue weighted by atomic mass is 32.1. The quantitative estimate of drug-likeness (QED) is 0.476. The second kappa shape index (κ2) is 7.00. The molecule has 0 aliphatic carbocycles. The molecule has 4 nitrogen and oxygen atoms in total. The Labute approximate surface area is 161 Å². The first kappa shape index (κ1) is 17.5. The van der Waals surface area contributed by atoms with Gasteiger partial charge >= 0.3 is 0 Å². The SMILES string of the molecule is CCc1ccc2oc(C(=O)Nc3nc(-c4ccc(C)cc4)cs3)c(C)c2c1. The lowest BCUT2D eigenvalue weighted by Crippen LogP contribution is -2.11. The molecule has 0 atom stereocenters. The van der Waals surface area contributed by atoms with Crippen LogP contribution in [0.25, 0.3) is 22.2 Å². The van der Waals surface area contributed by atoms with Crippen LogP contribution in [0.3, 0.4) is 0 Å². The number of rotatable bonds is 4. The van der Waals surface area contributed by atoms with Gasteiger partial charge in [-0.2, -0.15) is 0 Å². The third-order valence-corrected chi connectivity index (χ3v) is 5.44. The molecule has 0 radical (unpaired) electrons. The molecule has 4 aromatic rings. The van der Waals surface area contributed by atoms with Crippen molar-refractivity contribution in [3.63, 3.8) is 0 Å². The van der Waals surface area contributed by atoms with Crippen molar-refractivity contribution in [3.05, 3.63) is 70.3 Å². The molecule has 0 unspecified atom stereocenters. The minimum absolute atomic E-state index is 0.272. The van der Waals surface area contributed by atoms with Gasteiger partial charge in [-0.15, -0.1) is 11.3 Å². The van der Waals surface area contributed by atoms with Crippen LogP contribution in [0, 0.1) is 13.8 Å². The number of thiazole rings is 1. The summed E-state index contributed by atoms with van der Waals surface area (Å²) in [5.74, 6) is 0.0666. The van der Waals surface area contributed by atoms with Crippen molar-refractivity contribution in [2.24, 2.45) is 0 Å². The Bertz CT molecular complexity index is 1120. The summed E-state index contributed by atoms with van der Waals surface area (Å²) in [4.78, 5) is 17.2.